The van der Waals surface area contributed by atoms with Crippen molar-refractivity contribution in [1.29, 1.82) is 0 Å². The Morgan fingerprint density at radius 2 is 1.85 bits per heavy atom. The summed E-state index contributed by atoms with van der Waals surface area (Å²) in [6.07, 6.45) is 0. The van der Waals surface area contributed by atoms with Gasteiger partial charge in [0.15, 0.2) is 0 Å². The number of rotatable bonds is 6. The number of halogens is 1. The highest BCUT2D eigenvalue weighted by Gasteiger charge is 2.10. The van der Waals surface area contributed by atoms with Crippen LogP contribution < -0.4 is 14.8 Å². The molecule has 0 saturated carbocycles. The zero-order chi connectivity index (χ0) is 14.4. The Bertz CT molecular complexity index is 556. The van der Waals surface area contributed by atoms with Crippen LogP contribution in [-0.2, 0) is 0 Å². The molecule has 1 aromatic heterocycles. The zero-order valence-electron chi connectivity index (χ0n) is 11.3. The number of aromatic nitrogens is 3. The van der Waals surface area contributed by atoms with Gasteiger partial charge in [-0.05, 0) is 26.0 Å². The van der Waals surface area contributed by atoms with Crippen molar-refractivity contribution in [2.75, 3.05) is 18.5 Å². The number of benzene rings is 1. The lowest BCUT2D eigenvalue weighted by molar-refractivity contribution is 0.304. The fourth-order valence-electron chi connectivity index (χ4n) is 1.44. The van der Waals surface area contributed by atoms with Gasteiger partial charge in [-0.3, -0.25) is 0 Å². The normalized spacial score (nSPS) is 10.2. The largest absolute Gasteiger partial charge is 0.464 e. The number of hydrogen-bond acceptors (Lipinski definition) is 6. The van der Waals surface area contributed by atoms with E-state index < -0.39 is 0 Å². The summed E-state index contributed by atoms with van der Waals surface area (Å²) < 4.78 is 10.9. The highest BCUT2D eigenvalue weighted by Crippen LogP contribution is 2.27. The zero-order valence-corrected chi connectivity index (χ0v) is 12.0. The SMILES string of the molecule is CCNc1nc(OCC)nc(Oc2ccccc2Cl)n1. The first-order valence-electron chi connectivity index (χ1n) is 6.28. The first-order chi connectivity index (χ1) is 9.72. The maximum absolute atomic E-state index is 6.03. The molecule has 0 amide bonds. The number of anilines is 1. The second kappa shape index (κ2) is 6.91. The molecule has 0 aliphatic carbocycles. The Morgan fingerprint density at radius 1 is 1.10 bits per heavy atom. The quantitative estimate of drug-likeness (QED) is 0.882. The van der Waals surface area contributed by atoms with Gasteiger partial charge in [0.05, 0.1) is 11.6 Å². The predicted molar refractivity (Wildman–Crippen MR) is 76.7 cm³/mol. The lowest BCUT2D eigenvalue weighted by atomic mass is 10.3. The van der Waals surface area contributed by atoms with Crippen molar-refractivity contribution in [2.24, 2.45) is 0 Å². The molecular formula is C13H15ClN4O2. The van der Waals surface area contributed by atoms with Crippen molar-refractivity contribution in [2.45, 2.75) is 13.8 Å². The van der Waals surface area contributed by atoms with Gasteiger partial charge in [0, 0.05) is 6.54 Å². The third kappa shape index (κ3) is 3.71. The van der Waals surface area contributed by atoms with E-state index in [2.05, 4.69) is 20.3 Å². The summed E-state index contributed by atoms with van der Waals surface area (Å²) in [6.45, 7) is 4.94. The fraction of sp³-hybridized carbons (Fsp3) is 0.308. The van der Waals surface area contributed by atoms with Crippen LogP contribution in [0, 0.1) is 0 Å². The molecule has 0 fully saturated rings. The smallest absolute Gasteiger partial charge is 0.330 e. The summed E-state index contributed by atoms with van der Waals surface area (Å²) >= 11 is 6.03. The summed E-state index contributed by atoms with van der Waals surface area (Å²) in [6, 6.07) is 7.44. The van der Waals surface area contributed by atoms with Gasteiger partial charge in [0.2, 0.25) is 5.95 Å². The topological polar surface area (TPSA) is 69.2 Å². The minimum absolute atomic E-state index is 0.132. The summed E-state index contributed by atoms with van der Waals surface area (Å²) in [5.41, 5.74) is 0. The van der Waals surface area contributed by atoms with Gasteiger partial charge in [-0.25, -0.2) is 0 Å². The highest BCUT2D eigenvalue weighted by molar-refractivity contribution is 6.32. The molecule has 0 aliphatic rings. The van der Waals surface area contributed by atoms with Gasteiger partial charge in [0.25, 0.3) is 0 Å². The van der Waals surface area contributed by atoms with Gasteiger partial charge in [-0.2, -0.15) is 9.97 Å². The van der Waals surface area contributed by atoms with E-state index in [1.54, 1.807) is 12.1 Å². The molecule has 2 rings (SSSR count). The van der Waals surface area contributed by atoms with E-state index in [1.807, 2.05) is 26.0 Å². The van der Waals surface area contributed by atoms with E-state index in [0.717, 1.165) is 0 Å². The van der Waals surface area contributed by atoms with Crippen LogP contribution in [0.2, 0.25) is 5.02 Å². The van der Waals surface area contributed by atoms with Crippen molar-refractivity contribution in [1.82, 2.24) is 15.0 Å². The Morgan fingerprint density at radius 3 is 2.55 bits per heavy atom. The summed E-state index contributed by atoms with van der Waals surface area (Å²) in [5, 5.41) is 3.47. The van der Waals surface area contributed by atoms with E-state index in [0.29, 0.717) is 29.9 Å². The molecule has 2 aromatic rings. The third-order valence-corrected chi connectivity index (χ3v) is 2.55. The lowest BCUT2D eigenvalue weighted by Crippen LogP contribution is -2.07. The standard InChI is InChI=1S/C13H15ClN4O2/c1-3-15-11-16-12(19-4-2)18-13(17-11)20-10-8-6-5-7-9(10)14/h5-8H,3-4H2,1-2H3,(H,15,16,17,18). The predicted octanol–water partition coefficient (Wildman–Crippen LogP) is 3.15. The van der Waals surface area contributed by atoms with E-state index >= 15 is 0 Å². The van der Waals surface area contributed by atoms with Crippen LogP contribution in [0.3, 0.4) is 0 Å². The van der Waals surface area contributed by atoms with Crippen LogP contribution in [0.15, 0.2) is 24.3 Å². The molecule has 1 aromatic carbocycles. The van der Waals surface area contributed by atoms with Crippen LogP contribution in [0.1, 0.15) is 13.8 Å². The number of para-hydroxylation sites is 1. The molecule has 0 radical (unpaired) electrons. The van der Waals surface area contributed by atoms with Crippen molar-refractivity contribution in [3.05, 3.63) is 29.3 Å². The molecule has 6 nitrogen and oxygen atoms in total. The van der Waals surface area contributed by atoms with Crippen LogP contribution in [0.25, 0.3) is 0 Å². The minimum atomic E-state index is 0.132. The fourth-order valence-corrected chi connectivity index (χ4v) is 1.61. The first-order valence-corrected chi connectivity index (χ1v) is 6.65. The summed E-state index contributed by atoms with van der Waals surface area (Å²) in [4.78, 5) is 12.3. The monoisotopic (exact) mass is 294 g/mol. The number of nitrogens with one attached hydrogen (secondary N) is 1. The van der Waals surface area contributed by atoms with Crippen molar-refractivity contribution in [3.8, 4) is 17.8 Å². The van der Waals surface area contributed by atoms with Crippen LogP contribution >= 0.6 is 11.6 Å². The Balaban J connectivity index is 2.28. The maximum Gasteiger partial charge on any atom is 0.330 e. The van der Waals surface area contributed by atoms with Gasteiger partial charge >= 0.3 is 12.0 Å². The average molecular weight is 295 g/mol. The molecule has 0 atom stereocenters. The van der Waals surface area contributed by atoms with Crippen LogP contribution in [0.5, 0.6) is 17.8 Å². The van der Waals surface area contributed by atoms with Crippen molar-refractivity contribution in [3.63, 3.8) is 0 Å². The number of nitrogens with zero attached hydrogens (tertiary/aromatic N) is 3. The molecule has 0 unspecified atom stereocenters. The summed E-state index contributed by atoms with van der Waals surface area (Å²) in [5.74, 6) is 0.873. The van der Waals surface area contributed by atoms with Gasteiger partial charge in [-0.1, -0.05) is 23.7 Å². The second-order valence-electron chi connectivity index (χ2n) is 3.72. The molecule has 7 heteroatoms. The van der Waals surface area contributed by atoms with E-state index in [4.69, 9.17) is 21.1 Å². The van der Waals surface area contributed by atoms with Crippen LogP contribution in [0.4, 0.5) is 5.95 Å². The van der Waals surface area contributed by atoms with E-state index in [1.165, 1.54) is 0 Å². The minimum Gasteiger partial charge on any atom is -0.464 e. The third-order valence-electron chi connectivity index (χ3n) is 2.24. The molecule has 20 heavy (non-hydrogen) atoms. The maximum atomic E-state index is 6.03. The Kier molecular flexibility index (Phi) is 4.95. The molecular weight excluding hydrogens is 280 g/mol. The van der Waals surface area contributed by atoms with Gasteiger partial charge in [0.1, 0.15) is 5.75 Å². The lowest BCUT2D eigenvalue weighted by Gasteiger charge is -2.09. The molecule has 0 aliphatic heterocycles. The average Bonchev–Trinajstić information content (AvgIpc) is 2.42. The van der Waals surface area contributed by atoms with Crippen LogP contribution in [-0.4, -0.2) is 28.1 Å². The van der Waals surface area contributed by atoms with Crippen molar-refractivity contribution >= 4 is 17.5 Å². The number of ether oxygens (including phenoxy) is 2. The Hall–Kier alpha value is -2.08. The molecule has 1 heterocycles. The molecule has 106 valence electrons. The second-order valence-corrected chi connectivity index (χ2v) is 4.13. The van der Waals surface area contributed by atoms with Gasteiger partial charge in [-0.15, -0.1) is 4.98 Å². The van der Waals surface area contributed by atoms with Gasteiger partial charge < -0.3 is 14.8 Å². The molecule has 1 N–H and O–H groups in total. The highest BCUT2D eigenvalue weighted by atomic mass is 35.5. The Labute approximate surface area is 122 Å². The molecule has 0 bridgehead atoms. The molecule has 0 spiro atoms. The van der Waals surface area contributed by atoms with E-state index in [-0.39, 0.29) is 12.0 Å². The van der Waals surface area contributed by atoms with E-state index in [9.17, 15) is 0 Å². The summed E-state index contributed by atoms with van der Waals surface area (Å²) in [7, 11) is 0. The number of hydrogen-bond donors (Lipinski definition) is 1. The van der Waals surface area contributed by atoms with Crippen molar-refractivity contribution < 1.29 is 9.47 Å². The molecule has 0 saturated heterocycles. The first kappa shape index (κ1) is 14.3.